The van der Waals surface area contributed by atoms with Gasteiger partial charge < -0.3 is 4.55 Å². The molecule has 0 unspecified atom stereocenters. The summed E-state index contributed by atoms with van der Waals surface area (Å²) in [5, 5.41) is 21.9. The van der Waals surface area contributed by atoms with Gasteiger partial charge >= 0.3 is 0 Å². The van der Waals surface area contributed by atoms with E-state index < -0.39 is 42.5 Å². The molecule has 0 saturated heterocycles. The Balaban J connectivity index is 3.79. The van der Waals surface area contributed by atoms with Crippen molar-refractivity contribution in [3.05, 3.63) is 43.5 Å². The highest BCUT2D eigenvalue weighted by molar-refractivity contribution is 7.84. The van der Waals surface area contributed by atoms with Gasteiger partial charge in [-0.15, -0.1) is 0 Å². The first-order valence-corrected chi connectivity index (χ1v) is 7.30. The van der Waals surface area contributed by atoms with E-state index in [4.69, 9.17) is 0 Å². The smallest absolute Gasteiger partial charge is 0.280 e. The van der Waals surface area contributed by atoms with Crippen molar-refractivity contribution in [2.24, 2.45) is 0 Å². The van der Waals surface area contributed by atoms with Gasteiger partial charge in [0.25, 0.3) is 11.4 Å². The van der Waals surface area contributed by atoms with Crippen molar-refractivity contribution < 1.29 is 22.8 Å². The second kappa shape index (κ2) is 5.37. The zero-order chi connectivity index (χ0) is 16.6. The third-order valence-electron chi connectivity index (χ3n) is 2.75. The molecule has 0 N–H and O–H groups in total. The van der Waals surface area contributed by atoms with Gasteiger partial charge in [0.1, 0.15) is 0 Å². The third kappa shape index (κ3) is 4.20. The molecule has 1 rings (SSSR count). The van der Waals surface area contributed by atoms with E-state index in [1.54, 1.807) is 20.8 Å². The largest absolute Gasteiger partial charge is 0.748 e. The van der Waals surface area contributed by atoms with E-state index in [2.05, 4.69) is 0 Å². The van der Waals surface area contributed by atoms with Crippen LogP contribution in [0.1, 0.15) is 31.9 Å². The molecule has 1 aromatic carbocycles. The fraction of sp³-hybridized carbons (Fsp3) is 0.455. The first kappa shape index (κ1) is 17.0. The van der Waals surface area contributed by atoms with Crippen molar-refractivity contribution in [1.29, 1.82) is 0 Å². The number of hydrogen-bond acceptors (Lipinski definition) is 7. The maximum absolute atomic E-state index is 11.0. The van der Waals surface area contributed by atoms with Crippen LogP contribution in [-0.2, 0) is 21.3 Å². The Morgan fingerprint density at radius 2 is 1.62 bits per heavy atom. The van der Waals surface area contributed by atoms with E-state index in [1.165, 1.54) is 0 Å². The van der Waals surface area contributed by atoms with E-state index in [0.717, 1.165) is 6.07 Å². The molecule has 0 bridgehead atoms. The van der Waals surface area contributed by atoms with Gasteiger partial charge in [-0.2, -0.15) is 0 Å². The second-order valence-corrected chi connectivity index (χ2v) is 6.86. The summed E-state index contributed by atoms with van der Waals surface area (Å²) in [6.45, 7) is 4.82. The SMILES string of the molecule is CC(C)(C)c1cc([N+](=O)[O-])cc([N+](=O)[O-])c1CS(=O)(=O)[O-]. The molecule has 0 amide bonds. The maximum atomic E-state index is 11.0. The van der Waals surface area contributed by atoms with E-state index in [1.807, 2.05) is 0 Å². The van der Waals surface area contributed by atoms with E-state index in [9.17, 15) is 33.2 Å². The normalized spacial score (nSPS) is 12.2. The van der Waals surface area contributed by atoms with Crippen molar-refractivity contribution in [3.63, 3.8) is 0 Å². The quantitative estimate of drug-likeness (QED) is 0.468. The number of hydrogen-bond donors (Lipinski definition) is 0. The molecule has 0 heterocycles. The van der Waals surface area contributed by atoms with Crippen LogP contribution in [0, 0.1) is 20.2 Å². The van der Waals surface area contributed by atoms with Crippen LogP contribution in [0.25, 0.3) is 0 Å². The molecule has 0 saturated carbocycles. The highest BCUT2D eigenvalue weighted by Gasteiger charge is 2.30. The second-order valence-electron chi connectivity index (χ2n) is 5.46. The minimum absolute atomic E-state index is 0.0859. The van der Waals surface area contributed by atoms with E-state index in [0.29, 0.717) is 6.07 Å². The highest BCUT2D eigenvalue weighted by atomic mass is 32.2. The lowest BCUT2D eigenvalue weighted by molar-refractivity contribution is -0.394. The molecule has 0 atom stereocenters. The van der Waals surface area contributed by atoms with Crippen molar-refractivity contribution in [2.75, 3.05) is 0 Å². The molecule has 0 aromatic heterocycles. The van der Waals surface area contributed by atoms with Gasteiger partial charge in [0.2, 0.25) is 0 Å². The van der Waals surface area contributed by atoms with Crippen LogP contribution in [0.15, 0.2) is 12.1 Å². The average molecular weight is 317 g/mol. The molecule has 1 aromatic rings. The summed E-state index contributed by atoms with van der Waals surface area (Å²) < 4.78 is 32.9. The monoisotopic (exact) mass is 317 g/mol. The van der Waals surface area contributed by atoms with Crippen molar-refractivity contribution in [2.45, 2.75) is 31.9 Å². The molecular formula is C11H13N2O7S-. The van der Waals surface area contributed by atoms with Gasteiger partial charge in [-0.3, -0.25) is 20.2 Å². The molecule has 0 aliphatic heterocycles. The van der Waals surface area contributed by atoms with Gasteiger partial charge in [-0.1, -0.05) is 20.8 Å². The van der Waals surface area contributed by atoms with Gasteiger partial charge in [-0.25, -0.2) is 8.42 Å². The summed E-state index contributed by atoms with van der Waals surface area (Å²) >= 11 is 0. The van der Waals surface area contributed by atoms with Crippen molar-refractivity contribution in [3.8, 4) is 0 Å². The summed E-state index contributed by atoms with van der Waals surface area (Å²) in [4.78, 5) is 20.2. The number of non-ortho nitro benzene ring substituents is 1. The van der Waals surface area contributed by atoms with Crippen LogP contribution >= 0.6 is 0 Å². The fourth-order valence-electron chi connectivity index (χ4n) is 1.91. The van der Waals surface area contributed by atoms with Crippen LogP contribution in [0.4, 0.5) is 11.4 Å². The Morgan fingerprint density at radius 3 is 1.95 bits per heavy atom. The van der Waals surface area contributed by atoms with Crippen LogP contribution in [0.3, 0.4) is 0 Å². The number of rotatable bonds is 4. The topological polar surface area (TPSA) is 143 Å². The zero-order valence-corrected chi connectivity index (χ0v) is 12.3. The number of nitro groups is 2. The lowest BCUT2D eigenvalue weighted by atomic mass is 9.83. The zero-order valence-electron chi connectivity index (χ0n) is 11.5. The van der Waals surface area contributed by atoms with Crippen molar-refractivity contribution >= 4 is 21.5 Å². The predicted molar refractivity (Wildman–Crippen MR) is 71.9 cm³/mol. The molecule has 0 radical (unpaired) electrons. The Morgan fingerprint density at radius 1 is 1.10 bits per heavy atom. The molecule has 9 nitrogen and oxygen atoms in total. The molecule has 116 valence electrons. The first-order chi connectivity index (χ1) is 9.33. The summed E-state index contributed by atoms with van der Waals surface area (Å²) in [7, 11) is -4.77. The van der Waals surface area contributed by atoms with Crippen molar-refractivity contribution in [1.82, 2.24) is 0 Å². The predicted octanol–water partition coefficient (Wildman–Crippen LogP) is 1.85. The fourth-order valence-corrected chi connectivity index (χ4v) is 2.56. The number of nitrogens with zero attached hydrogens (tertiary/aromatic N) is 2. The standard InChI is InChI=1S/C11H14N2O7S/c1-11(2,3)9-4-7(12(14)15)5-10(13(16)17)8(9)6-21(18,19)20/h4-5H,6H2,1-3H3,(H,18,19,20)/p-1. The maximum Gasteiger partial charge on any atom is 0.280 e. The molecule has 0 spiro atoms. The Kier molecular flexibility index (Phi) is 4.34. The highest BCUT2D eigenvalue weighted by Crippen LogP contribution is 2.36. The average Bonchev–Trinajstić information content (AvgIpc) is 2.24. The van der Waals surface area contributed by atoms with Gasteiger partial charge in [-0.05, 0) is 11.0 Å². The molecule has 0 aliphatic carbocycles. The minimum Gasteiger partial charge on any atom is -0.748 e. The van der Waals surface area contributed by atoms with Gasteiger partial charge in [0.05, 0.1) is 31.8 Å². The molecule has 0 fully saturated rings. The van der Waals surface area contributed by atoms with Gasteiger partial charge in [0, 0.05) is 11.6 Å². The Bertz CT molecular complexity index is 704. The Hall–Kier alpha value is -2.07. The van der Waals surface area contributed by atoms with Gasteiger partial charge in [0.15, 0.2) is 0 Å². The molecular weight excluding hydrogens is 304 g/mol. The first-order valence-electron chi connectivity index (χ1n) is 5.72. The van der Waals surface area contributed by atoms with E-state index >= 15 is 0 Å². The van der Waals surface area contributed by atoms with Crippen LogP contribution < -0.4 is 0 Å². The number of benzene rings is 1. The number of nitro benzene ring substituents is 2. The van der Waals surface area contributed by atoms with E-state index in [-0.39, 0.29) is 11.1 Å². The minimum atomic E-state index is -4.77. The lowest BCUT2D eigenvalue weighted by Crippen LogP contribution is -2.18. The summed E-state index contributed by atoms with van der Waals surface area (Å²) in [6.07, 6.45) is 0. The summed E-state index contributed by atoms with van der Waals surface area (Å²) in [6, 6.07) is 1.73. The molecule has 0 aliphatic rings. The summed E-state index contributed by atoms with van der Waals surface area (Å²) in [5.41, 5.74) is -2.31. The van der Waals surface area contributed by atoms with Crippen LogP contribution in [-0.4, -0.2) is 22.8 Å². The molecule has 10 heteroatoms. The Labute approximate surface area is 120 Å². The lowest BCUT2D eigenvalue weighted by Gasteiger charge is -2.23. The molecule has 21 heavy (non-hydrogen) atoms. The summed E-state index contributed by atoms with van der Waals surface area (Å²) in [5.74, 6) is -1.09. The van der Waals surface area contributed by atoms with Crippen LogP contribution in [0.5, 0.6) is 0 Å². The third-order valence-corrected chi connectivity index (χ3v) is 3.39. The van der Waals surface area contributed by atoms with Crippen LogP contribution in [0.2, 0.25) is 0 Å².